The zero-order valence-corrected chi connectivity index (χ0v) is 7.72. The normalized spacial score (nSPS) is 14.2. The third-order valence-electron chi connectivity index (χ3n) is 1.66. The summed E-state index contributed by atoms with van der Waals surface area (Å²) in [5.41, 5.74) is 5.56. The van der Waals surface area contributed by atoms with Crippen molar-refractivity contribution in [2.45, 2.75) is 18.9 Å². The Hall–Kier alpha value is -0.740. The molecule has 0 fully saturated rings. The molecule has 0 radical (unpaired) electrons. The molecular weight excluding hydrogens is 198 g/mol. The Morgan fingerprint density at radius 3 is 2.54 bits per heavy atom. The minimum Gasteiger partial charge on any atom is -0.319 e. The Balaban J connectivity index is 2.90. The van der Waals surface area contributed by atoms with Gasteiger partial charge in [-0.05, 0) is 11.6 Å². The van der Waals surface area contributed by atoms with Gasteiger partial charge in [0, 0.05) is 13.1 Å². The van der Waals surface area contributed by atoms with E-state index in [0.29, 0.717) is 0 Å². The first kappa shape index (κ1) is 10.3. The predicted molar refractivity (Wildman–Crippen MR) is 46.8 cm³/mol. The lowest BCUT2D eigenvalue weighted by Gasteiger charge is -2.18. The van der Waals surface area contributed by atoms with Gasteiger partial charge in [0.1, 0.15) is 5.15 Å². The number of nitrogens with zero attached hydrogens (tertiary/aromatic N) is 1. The van der Waals surface area contributed by atoms with Crippen LogP contribution < -0.4 is 5.73 Å². The Morgan fingerprint density at radius 2 is 2.15 bits per heavy atom. The van der Waals surface area contributed by atoms with Crippen LogP contribution in [0.5, 0.6) is 0 Å². The number of alkyl halides is 2. The minimum absolute atomic E-state index is 0.260. The van der Waals surface area contributed by atoms with E-state index in [9.17, 15) is 8.78 Å². The van der Waals surface area contributed by atoms with E-state index in [-0.39, 0.29) is 10.7 Å². The van der Waals surface area contributed by atoms with E-state index in [1.165, 1.54) is 18.3 Å². The summed E-state index contributed by atoms with van der Waals surface area (Å²) in [6.45, 7) is 0.770. The highest BCUT2D eigenvalue weighted by Gasteiger charge is 2.32. The van der Waals surface area contributed by atoms with Crippen molar-refractivity contribution in [2.24, 2.45) is 5.73 Å². The van der Waals surface area contributed by atoms with Crippen molar-refractivity contribution >= 4 is 11.6 Å². The van der Waals surface area contributed by atoms with Gasteiger partial charge in [0.15, 0.2) is 0 Å². The molecule has 13 heavy (non-hydrogen) atoms. The smallest absolute Gasteiger partial charge is 0.264 e. The van der Waals surface area contributed by atoms with E-state index in [4.69, 9.17) is 17.3 Å². The third-order valence-corrected chi connectivity index (χ3v) is 1.88. The molecule has 2 nitrogen and oxygen atoms in total. The molecule has 0 saturated carbocycles. The second-order valence-corrected chi connectivity index (χ2v) is 3.24. The van der Waals surface area contributed by atoms with Gasteiger partial charge in [-0.25, -0.2) is 13.8 Å². The molecule has 0 saturated heterocycles. The third kappa shape index (κ3) is 2.60. The lowest BCUT2D eigenvalue weighted by molar-refractivity contribution is -0.00628. The van der Waals surface area contributed by atoms with Gasteiger partial charge in [0.05, 0.1) is 6.04 Å². The zero-order chi connectivity index (χ0) is 10.1. The molecule has 0 spiro atoms. The van der Waals surface area contributed by atoms with E-state index in [1.807, 2.05) is 0 Å². The van der Waals surface area contributed by atoms with Gasteiger partial charge in [0.2, 0.25) is 0 Å². The van der Waals surface area contributed by atoms with Gasteiger partial charge in [-0.2, -0.15) is 0 Å². The minimum atomic E-state index is -2.95. The van der Waals surface area contributed by atoms with Gasteiger partial charge in [0.25, 0.3) is 5.92 Å². The number of nitrogens with two attached hydrogens (primary N) is 1. The lowest BCUT2D eigenvalue weighted by Crippen LogP contribution is -2.29. The van der Waals surface area contributed by atoms with E-state index in [0.717, 1.165) is 6.92 Å². The average molecular weight is 207 g/mol. The molecule has 0 bridgehead atoms. The zero-order valence-electron chi connectivity index (χ0n) is 6.97. The maximum Gasteiger partial charge on any atom is 0.264 e. The van der Waals surface area contributed by atoms with Crippen molar-refractivity contribution < 1.29 is 8.78 Å². The van der Waals surface area contributed by atoms with E-state index < -0.39 is 12.0 Å². The van der Waals surface area contributed by atoms with E-state index >= 15 is 0 Å². The second kappa shape index (κ2) is 3.55. The summed E-state index contributed by atoms with van der Waals surface area (Å²) in [6, 6.07) is 1.54. The molecule has 5 heteroatoms. The number of hydrogen-bond acceptors (Lipinski definition) is 2. The van der Waals surface area contributed by atoms with Gasteiger partial charge in [-0.3, -0.25) is 0 Å². The van der Waals surface area contributed by atoms with Gasteiger partial charge < -0.3 is 5.73 Å². The van der Waals surface area contributed by atoms with Crippen molar-refractivity contribution in [3.05, 3.63) is 29.0 Å². The fourth-order valence-corrected chi connectivity index (χ4v) is 0.976. The Morgan fingerprint density at radius 1 is 1.54 bits per heavy atom. The monoisotopic (exact) mass is 206 g/mol. The van der Waals surface area contributed by atoms with Crippen LogP contribution in [0.3, 0.4) is 0 Å². The van der Waals surface area contributed by atoms with Crippen molar-refractivity contribution in [2.75, 3.05) is 0 Å². The first-order valence-corrected chi connectivity index (χ1v) is 4.04. The summed E-state index contributed by atoms with van der Waals surface area (Å²) >= 11 is 5.49. The molecule has 1 unspecified atom stereocenters. The molecule has 1 aromatic rings. The molecular formula is C8H9ClF2N2. The Bertz CT molecular complexity index is 281. The quantitative estimate of drug-likeness (QED) is 0.755. The second-order valence-electron chi connectivity index (χ2n) is 2.85. The van der Waals surface area contributed by atoms with Gasteiger partial charge in [-0.1, -0.05) is 17.7 Å². The molecule has 0 amide bonds. The fraction of sp³-hybridized carbons (Fsp3) is 0.375. The van der Waals surface area contributed by atoms with E-state index in [1.54, 1.807) is 0 Å². The Kier molecular flexibility index (Phi) is 2.83. The van der Waals surface area contributed by atoms with Crippen molar-refractivity contribution in [1.82, 2.24) is 4.98 Å². The molecule has 0 aromatic carbocycles. The van der Waals surface area contributed by atoms with Crippen LogP contribution in [0.1, 0.15) is 18.5 Å². The van der Waals surface area contributed by atoms with Crippen LogP contribution in [0.4, 0.5) is 8.78 Å². The summed E-state index contributed by atoms with van der Waals surface area (Å²) in [5.74, 6) is -2.95. The molecule has 0 aliphatic rings. The molecule has 0 aliphatic heterocycles. The largest absolute Gasteiger partial charge is 0.319 e. The standard InChI is InChI=1S/C8H9ClF2N2/c1-8(10,11)7(12)5-2-3-6(9)13-4-5/h2-4,7H,12H2,1H3. The van der Waals surface area contributed by atoms with Crippen LogP contribution in [0.25, 0.3) is 0 Å². The van der Waals surface area contributed by atoms with Crippen LogP contribution in [0.2, 0.25) is 5.15 Å². The number of halogens is 3. The summed E-state index contributed by atoms with van der Waals surface area (Å²) in [5, 5.41) is 0.260. The number of hydrogen-bond donors (Lipinski definition) is 1. The van der Waals surface area contributed by atoms with Crippen molar-refractivity contribution in [3.8, 4) is 0 Å². The topological polar surface area (TPSA) is 38.9 Å². The SMILES string of the molecule is CC(F)(F)C(N)c1ccc(Cl)nc1. The molecule has 1 atom stereocenters. The van der Waals surface area contributed by atoms with Crippen molar-refractivity contribution in [1.29, 1.82) is 0 Å². The summed E-state index contributed by atoms with van der Waals surface area (Å²) in [6.07, 6.45) is 1.25. The van der Waals surface area contributed by atoms with Crippen LogP contribution >= 0.6 is 11.6 Å². The number of rotatable bonds is 2. The summed E-state index contributed by atoms with van der Waals surface area (Å²) in [4.78, 5) is 3.67. The fourth-order valence-electron chi connectivity index (χ4n) is 0.864. The molecule has 1 aromatic heterocycles. The summed E-state index contributed by atoms with van der Waals surface area (Å²) < 4.78 is 25.4. The van der Waals surface area contributed by atoms with Crippen LogP contribution in [-0.4, -0.2) is 10.9 Å². The lowest BCUT2D eigenvalue weighted by atomic mass is 10.1. The molecule has 72 valence electrons. The maximum absolute atomic E-state index is 12.7. The highest BCUT2D eigenvalue weighted by atomic mass is 35.5. The van der Waals surface area contributed by atoms with Gasteiger partial charge >= 0.3 is 0 Å². The van der Waals surface area contributed by atoms with Crippen LogP contribution in [0.15, 0.2) is 18.3 Å². The first-order chi connectivity index (χ1) is 5.91. The number of pyridine rings is 1. The average Bonchev–Trinajstić information content (AvgIpc) is 2.03. The van der Waals surface area contributed by atoms with Gasteiger partial charge in [-0.15, -0.1) is 0 Å². The maximum atomic E-state index is 12.7. The van der Waals surface area contributed by atoms with Crippen LogP contribution in [0, 0.1) is 0 Å². The predicted octanol–water partition coefficient (Wildman–Crippen LogP) is 2.39. The van der Waals surface area contributed by atoms with Crippen molar-refractivity contribution in [3.63, 3.8) is 0 Å². The molecule has 0 aliphatic carbocycles. The molecule has 1 heterocycles. The highest BCUT2D eigenvalue weighted by Crippen LogP contribution is 2.28. The van der Waals surface area contributed by atoms with Crippen LogP contribution in [-0.2, 0) is 0 Å². The van der Waals surface area contributed by atoms with E-state index in [2.05, 4.69) is 4.98 Å². The molecule has 1 rings (SSSR count). The number of aromatic nitrogens is 1. The molecule has 2 N–H and O–H groups in total. The first-order valence-electron chi connectivity index (χ1n) is 3.66. The Labute approximate surface area is 79.7 Å². The summed E-state index contributed by atoms with van der Waals surface area (Å²) in [7, 11) is 0. The highest BCUT2D eigenvalue weighted by molar-refractivity contribution is 6.29.